The minimum atomic E-state index is -0.892. The standard InChI is InChI=1S/C35H38FN5O3S.C29H29FN4O2S.C6H11NO2.ClH/c1-39(2)13-3-4-34(43)41-16-14-40(15-17-41)23-26-7-9-29(38-22-26)33-21-30-35(45-33)32(11-12-37-30)44-31-10-8-25(20-28(31)36)19-27(42)18-24-5-6-24;30-23-15-20(14-22(35)13-19-1-2-19)4-6-26(23)36-27-7-8-32-25-16-28(37-29(25)27)24-5-3-21(17-33-24)18-34-11-9-31-10-12-34;1-7(2)5-3-4-6(8)9;/h3-4,7-12,20-22,24H,5-6,13-19,23H2,1-2H3;3-8,15-17,19,31H,1-2,9-14,18H2;3-4H,5H2,1-2H3,(H,8,9);1H/b4-3+;;4-3+;. The van der Waals surface area contributed by atoms with Gasteiger partial charge in [0, 0.05) is 153 Å². The number of hydrogen-bond donors (Lipinski definition) is 2. The Labute approximate surface area is 550 Å². The largest absolute Gasteiger partial charge is 0.478 e. The van der Waals surface area contributed by atoms with Crippen LogP contribution in [0.25, 0.3) is 41.6 Å². The van der Waals surface area contributed by atoms with Crippen LogP contribution in [0.5, 0.6) is 23.0 Å². The number of carbonyl (C=O) groups is 4. The van der Waals surface area contributed by atoms with Crippen LogP contribution in [0, 0.1) is 23.5 Å². The molecule has 4 aliphatic rings. The Balaban J connectivity index is 0.000000192. The first-order chi connectivity index (χ1) is 44.0. The molecule has 0 spiro atoms. The van der Waals surface area contributed by atoms with E-state index < -0.39 is 17.6 Å². The highest BCUT2D eigenvalue weighted by molar-refractivity contribution is 7.23. The number of amides is 1. The number of aliphatic carboxylic acids is 1. The maximum Gasteiger partial charge on any atom is 0.328 e. The van der Waals surface area contributed by atoms with Gasteiger partial charge in [-0.05, 0) is 136 Å². The molecule has 2 aliphatic carbocycles. The third-order valence-corrected chi connectivity index (χ3v) is 18.1. The SMILES string of the molecule is CN(C)C/C=C/C(=O)N1CCN(Cc2ccc(-c3cc4nccc(Oc5ccc(CC(=O)CC6CC6)cc5F)c4s3)nc2)CC1.CN(C)C/C=C/C(=O)O.Cl.O=C(Cc1ccc(Oc2ccnc3cc(-c4ccc(CN5CCNCC5)cn4)sc23)c(F)c1)CC1CC1. The Morgan fingerprint density at radius 1 is 0.576 bits per heavy atom. The number of carbonyl (C=O) groups excluding carboxylic acids is 3. The smallest absolute Gasteiger partial charge is 0.328 e. The van der Waals surface area contributed by atoms with E-state index in [1.165, 1.54) is 40.4 Å². The fourth-order valence-electron chi connectivity index (χ4n) is 10.5. The molecule has 92 heavy (non-hydrogen) atoms. The van der Waals surface area contributed by atoms with Crippen molar-refractivity contribution >= 4 is 79.0 Å². The van der Waals surface area contributed by atoms with Gasteiger partial charge < -0.3 is 34.6 Å². The molecule has 2 saturated carbocycles. The molecule has 6 aromatic heterocycles. The van der Waals surface area contributed by atoms with Crippen molar-refractivity contribution in [3.8, 4) is 44.1 Å². The number of hydrogen-bond acceptors (Lipinski definition) is 17. The number of nitrogens with zero attached hydrogens (tertiary/aromatic N) is 9. The van der Waals surface area contributed by atoms with Gasteiger partial charge in [0.1, 0.15) is 23.1 Å². The molecular formula is C70H79ClF2N10O7S2. The molecule has 484 valence electrons. The Bertz CT molecular complexity index is 3860. The number of carboxylic acids is 1. The van der Waals surface area contributed by atoms with E-state index in [1.54, 1.807) is 60.9 Å². The molecule has 2 aromatic carbocycles. The van der Waals surface area contributed by atoms with Gasteiger partial charge in [-0.2, -0.15) is 0 Å². The topological polar surface area (TPSA) is 187 Å². The van der Waals surface area contributed by atoms with E-state index in [1.807, 2.05) is 85.6 Å². The predicted molar refractivity (Wildman–Crippen MR) is 361 cm³/mol. The summed E-state index contributed by atoms with van der Waals surface area (Å²) < 4.78 is 43.5. The summed E-state index contributed by atoms with van der Waals surface area (Å²) in [6.07, 6.45) is 19.7. The van der Waals surface area contributed by atoms with Crippen molar-refractivity contribution in [3.05, 3.63) is 168 Å². The predicted octanol–water partition coefficient (Wildman–Crippen LogP) is 12.2. The van der Waals surface area contributed by atoms with Gasteiger partial charge in [-0.15, -0.1) is 35.1 Å². The van der Waals surface area contributed by atoms with Crippen molar-refractivity contribution < 1.29 is 42.5 Å². The minimum Gasteiger partial charge on any atom is -0.478 e. The molecule has 2 N–H and O–H groups in total. The lowest BCUT2D eigenvalue weighted by Crippen LogP contribution is -2.47. The normalized spacial score (nSPS) is 15.3. The average Bonchev–Trinajstić information content (AvgIpc) is 1.66. The van der Waals surface area contributed by atoms with Crippen LogP contribution < -0.4 is 14.8 Å². The van der Waals surface area contributed by atoms with Gasteiger partial charge in [0.05, 0.1) is 41.6 Å². The van der Waals surface area contributed by atoms with Crippen molar-refractivity contribution in [1.29, 1.82) is 0 Å². The van der Waals surface area contributed by atoms with Crippen LogP contribution in [0.2, 0.25) is 0 Å². The quantitative estimate of drug-likeness (QED) is 0.0544. The third kappa shape index (κ3) is 20.6. The first-order valence-electron chi connectivity index (χ1n) is 31.0. The fraction of sp³-hybridized carbons (Fsp3) is 0.371. The number of benzene rings is 2. The zero-order valence-corrected chi connectivity index (χ0v) is 54.9. The number of nitrogens with one attached hydrogen (secondary N) is 1. The molecule has 2 aliphatic heterocycles. The number of rotatable bonds is 24. The summed E-state index contributed by atoms with van der Waals surface area (Å²) in [5.41, 5.74) is 6.91. The van der Waals surface area contributed by atoms with Crippen LogP contribution in [0.4, 0.5) is 8.78 Å². The van der Waals surface area contributed by atoms with Crippen LogP contribution in [-0.4, -0.2) is 167 Å². The second kappa shape index (κ2) is 33.2. The number of ether oxygens (including phenoxy) is 2. The van der Waals surface area contributed by atoms with Crippen LogP contribution in [-0.2, 0) is 45.1 Å². The number of ketones is 2. The number of pyridine rings is 4. The van der Waals surface area contributed by atoms with E-state index >= 15 is 0 Å². The fourth-order valence-corrected chi connectivity index (χ4v) is 12.6. The second-order valence-electron chi connectivity index (χ2n) is 24.1. The number of aromatic nitrogens is 4. The molecule has 4 fully saturated rings. The Morgan fingerprint density at radius 3 is 1.43 bits per heavy atom. The van der Waals surface area contributed by atoms with Crippen LogP contribution in [0.3, 0.4) is 0 Å². The van der Waals surface area contributed by atoms with Crippen LogP contribution in [0.1, 0.15) is 60.8 Å². The highest BCUT2D eigenvalue weighted by Gasteiger charge is 2.26. The number of thiophene rings is 2. The molecule has 0 radical (unpaired) electrons. The Morgan fingerprint density at radius 2 is 1.02 bits per heavy atom. The van der Waals surface area contributed by atoms with Crippen molar-refractivity contribution in [2.75, 3.05) is 93.6 Å². The summed E-state index contributed by atoms with van der Waals surface area (Å²) in [6, 6.07) is 25.3. The molecule has 17 nitrogen and oxygen atoms in total. The average molecular weight is 1310 g/mol. The van der Waals surface area contributed by atoms with Gasteiger partial charge in [-0.1, -0.05) is 36.4 Å². The number of halogens is 3. The van der Waals surface area contributed by atoms with Gasteiger partial charge in [0.15, 0.2) is 23.1 Å². The monoisotopic (exact) mass is 1310 g/mol. The Hall–Kier alpha value is -7.73. The van der Waals surface area contributed by atoms with Crippen LogP contribution in [0.15, 0.2) is 134 Å². The molecule has 8 aromatic rings. The molecule has 1 amide bonds. The van der Waals surface area contributed by atoms with Crippen molar-refractivity contribution in [3.63, 3.8) is 0 Å². The summed E-state index contributed by atoms with van der Waals surface area (Å²) in [5.74, 6) is 0.928. The molecule has 22 heteroatoms. The first-order valence-corrected chi connectivity index (χ1v) is 32.6. The summed E-state index contributed by atoms with van der Waals surface area (Å²) in [6.45, 7) is 10.3. The van der Waals surface area contributed by atoms with Crippen molar-refractivity contribution in [2.24, 2.45) is 11.8 Å². The zero-order valence-electron chi connectivity index (χ0n) is 52.4. The maximum atomic E-state index is 15.0. The number of carboxylic acid groups (broad SMARTS) is 1. The summed E-state index contributed by atoms with van der Waals surface area (Å²) in [7, 11) is 7.72. The van der Waals surface area contributed by atoms with Gasteiger partial charge >= 0.3 is 5.97 Å². The van der Waals surface area contributed by atoms with Crippen molar-refractivity contribution in [2.45, 2.75) is 64.5 Å². The molecule has 0 unspecified atom stereocenters. The van der Waals surface area contributed by atoms with E-state index in [2.05, 4.69) is 37.2 Å². The first kappa shape index (κ1) is 68.6. The minimum absolute atomic E-state index is 0. The third-order valence-electron chi connectivity index (χ3n) is 15.7. The van der Waals surface area contributed by atoms with E-state index in [4.69, 9.17) is 24.5 Å². The highest BCUT2D eigenvalue weighted by atomic mass is 35.5. The number of Topliss-reactive ketones (excluding diaryl/α,β-unsaturated/α-hetero) is 2. The highest BCUT2D eigenvalue weighted by Crippen LogP contribution is 2.42. The van der Waals surface area contributed by atoms with Gasteiger partial charge in [-0.25, -0.2) is 13.6 Å². The van der Waals surface area contributed by atoms with Gasteiger partial charge in [0.25, 0.3) is 0 Å². The molecule has 12 rings (SSSR count). The lowest BCUT2D eigenvalue weighted by Gasteiger charge is -2.34. The van der Waals surface area contributed by atoms with E-state index in [9.17, 15) is 28.0 Å². The molecule has 8 heterocycles. The summed E-state index contributed by atoms with van der Waals surface area (Å²) in [5, 5.41) is 11.5. The molecule has 0 atom stereocenters. The molecule has 0 bridgehead atoms. The molecular weight excluding hydrogens is 1230 g/mol. The van der Waals surface area contributed by atoms with Crippen LogP contribution >= 0.6 is 35.1 Å². The number of piperazine rings is 2. The van der Waals surface area contributed by atoms with E-state index in [-0.39, 0.29) is 54.2 Å². The zero-order chi connectivity index (χ0) is 63.8. The maximum absolute atomic E-state index is 15.0. The van der Waals surface area contributed by atoms with E-state index in [0.717, 1.165) is 138 Å². The second-order valence-corrected chi connectivity index (χ2v) is 26.2. The number of fused-ring (bicyclic) bond motifs is 2. The van der Waals surface area contributed by atoms with Gasteiger partial charge in [-0.3, -0.25) is 44.1 Å². The Kier molecular flexibility index (Phi) is 24.8. The lowest BCUT2D eigenvalue weighted by molar-refractivity contribution is -0.131. The van der Waals surface area contributed by atoms with E-state index in [0.29, 0.717) is 66.9 Å². The summed E-state index contributed by atoms with van der Waals surface area (Å²) >= 11 is 3.03. The van der Waals surface area contributed by atoms with Crippen molar-refractivity contribution in [1.82, 2.24) is 49.8 Å². The summed E-state index contributed by atoms with van der Waals surface area (Å²) in [4.78, 5) is 77.6. The molecule has 2 saturated heterocycles. The lowest BCUT2D eigenvalue weighted by atomic mass is 10.0. The van der Waals surface area contributed by atoms with Gasteiger partial charge in [0.2, 0.25) is 5.91 Å². The number of likely N-dealkylation sites (N-methyl/N-ethyl adjacent to an activating group) is 2.